The number of sulfonamides is 1. The second-order valence-corrected chi connectivity index (χ2v) is 7.91. The maximum atomic E-state index is 13.0. The standard InChI is InChI=1S/C14H21N3O4S/c1-16-9-11(8-15-16)22(19,20)17-12-6-4-3-5-10(12)7-13(17)14(18)21-2/h8-10,12-13H,3-7H2,1-2H3/t10-,12+,13-/m0/s1. The van der Waals surface area contributed by atoms with Crippen molar-refractivity contribution in [3.63, 3.8) is 0 Å². The van der Waals surface area contributed by atoms with Gasteiger partial charge >= 0.3 is 5.97 Å². The number of hydrogen-bond acceptors (Lipinski definition) is 5. The average Bonchev–Trinajstić information content (AvgIpc) is 3.10. The fourth-order valence-corrected chi connectivity index (χ4v) is 5.61. The first kappa shape index (κ1) is 15.5. The molecule has 0 N–H and O–H groups in total. The first-order chi connectivity index (χ1) is 10.4. The van der Waals surface area contributed by atoms with Crippen molar-refractivity contribution in [3.05, 3.63) is 12.4 Å². The Hall–Kier alpha value is -1.41. The summed E-state index contributed by atoms with van der Waals surface area (Å²) in [5.41, 5.74) is 0. The molecular formula is C14H21N3O4S. The molecule has 0 aromatic carbocycles. The van der Waals surface area contributed by atoms with Crippen molar-refractivity contribution in [2.75, 3.05) is 7.11 Å². The van der Waals surface area contributed by atoms with Gasteiger partial charge in [0.05, 0.1) is 13.3 Å². The third kappa shape index (κ3) is 2.44. The summed E-state index contributed by atoms with van der Waals surface area (Å²) in [7, 11) is -0.768. The third-order valence-corrected chi connectivity index (χ3v) is 6.65. The van der Waals surface area contributed by atoms with Crippen LogP contribution in [0.1, 0.15) is 32.1 Å². The Morgan fingerprint density at radius 2 is 2.09 bits per heavy atom. The summed E-state index contributed by atoms with van der Waals surface area (Å²) in [6.45, 7) is 0. The maximum absolute atomic E-state index is 13.0. The van der Waals surface area contributed by atoms with Gasteiger partial charge in [-0.1, -0.05) is 12.8 Å². The molecule has 7 nitrogen and oxygen atoms in total. The van der Waals surface area contributed by atoms with Gasteiger partial charge in [0.1, 0.15) is 10.9 Å². The molecule has 1 saturated heterocycles. The van der Waals surface area contributed by atoms with Crippen LogP contribution >= 0.6 is 0 Å². The first-order valence-corrected chi connectivity index (χ1v) is 8.99. The average molecular weight is 327 g/mol. The molecule has 2 heterocycles. The summed E-state index contributed by atoms with van der Waals surface area (Å²) in [6, 6.07) is -0.827. The van der Waals surface area contributed by atoms with Crippen molar-refractivity contribution >= 4 is 16.0 Å². The second-order valence-electron chi connectivity index (χ2n) is 6.07. The molecule has 2 aliphatic rings. The van der Waals surface area contributed by atoms with Crippen LogP contribution < -0.4 is 0 Å². The Balaban J connectivity index is 2.01. The van der Waals surface area contributed by atoms with E-state index in [1.807, 2.05) is 0 Å². The predicted octanol–water partition coefficient (Wildman–Crippen LogP) is 0.915. The SMILES string of the molecule is COC(=O)[C@@H]1C[C@@H]2CCCC[C@H]2N1S(=O)(=O)c1cnn(C)c1. The predicted molar refractivity (Wildman–Crippen MR) is 78.4 cm³/mol. The zero-order valence-corrected chi connectivity index (χ0v) is 13.6. The minimum Gasteiger partial charge on any atom is -0.468 e. The van der Waals surface area contributed by atoms with Gasteiger partial charge in [0.25, 0.3) is 0 Å². The Morgan fingerprint density at radius 3 is 2.73 bits per heavy atom. The van der Waals surface area contributed by atoms with Gasteiger partial charge in [0, 0.05) is 19.3 Å². The van der Waals surface area contributed by atoms with E-state index in [1.165, 1.54) is 28.5 Å². The van der Waals surface area contributed by atoms with E-state index >= 15 is 0 Å². The summed E-state index contributed by atoms with van der Waals surface area (Å²) < 4.78 is 33.7. The van der Waals surface area contributed by atoms with E-state index in [4.69, 9.17) is 4.74 Å². The molecule has 0 bridgehead atoms. The fraction of sp³-hybridized carbons (Fsp3) is 0.714. The zero-order chi connectivity index (χ0) is 15.9. The lowest BCUT2D eigenvalue weighted by molar-refractivity contribution is -0.144. The third-order valence-electron chi connectivity index (χ3n) is 4.76. The maximum Gasteiger partial charge on any atom is 0.324 e. The number of hydrogen-bond donors (Lipinski definition) is 0. The number of aromatic nitrogens is 2. The highest BCUT2D eigenvalue weighted by Gasteiger charge is 2.51. The molecule has 0 unspecified atom stereocenters. The second kappa shape index (κ2) is 5.66. The fourth-order valence-electron chi connectivity index (χ4n) is 3.76. The van der Waals surface area contributed by atoms with Crippen LogP contribution in [0.3, 0.4) is 0 Å². The molecule has 1 aromatic rings. The molecular weight excluding hydrogens is 306 g/mol. The molecule has 1 aromatic heterocycles. The van der Waals surface area contributed by atoms with Crippen molar-refractivity contribution < 1.29 is 17.9 Å². The molecule has 1 aliphatic carbocycles. The number of aryl methyl sites for hydroxylation is 1. The van der Waals surface area contributed by atoms with Crippen LogP contribution in [0.25, 0.3) is 0 Å². The van der Waals surface area contributed by atoms with Crippen LogP contribution in [-0.2, 0) is 26.6 Å². The van der Waals surface area contributed by atoms with E-state index in [0.717, 1.165) is 25.7 Å². The smallest absolute Gasteiger partial charge is 0.324 e. The van der Waals surface area contributed by atoms with Crippen molar-refractivity contribution in [3.8, 4) is 0 Å². The van der Waals surface area contributed by atoms with Crippen LogP contribution in [0.5, 0.6) is 0 Å². The normalized spacial score (nSPS) is 29.3. The molecule has 0 spiro atoms. The Bertz CT molecular complexity index is 669. The van der Waals surface area contributed by atoms with Crippen molar-refractivity contribution in [2.45, 2.75) is 49.1 Å². The van der Waals surface area contributed by atoms with E-state index in [2.05, 4.69) is 5.10 Å². The molecule has 22 heavy (non-hydrogen) atoms. The van der Waals surface area contributed by atoms with Crippen LogP contribution in [0, 0.1) is 5.92 Å². The lowest BCUT2D eigenvalue weighted by Gasteiger charge is -2.31. The van der Waals surface area contributed by atoms with E-state index < -0.39 is 22.0 Å². The number of ether oxygens (including phenoxy) is 1. The number of nitrogens with zero attached hydrogens (tertiary/aromatic N) is 3. The molecule has 0 amide bonds. The topological polar surface area (TPSA) is 81.5 Å². The Kier molecular flexibility index (Phi) is 3.98. The highest BCUT2D eigenvalue weighted by Crippen LogP contribution is 2.42. The Morgan fingerprint density at radius 1 is 1.36 bits per heavy atom. The monoisotopic (exact) mass is 327 g/mol. The lowest BCUT2D eigenvalue weighted by atomic mass is 9.85. The quantitative estimate of drug-likeness (QED) is 0.771. The molecule has 2 fully saturated rings. The van der Waals surface area contributed by atoms with Gasteiger partial charge in [-0.25, -0.2) is 8.42 Å². The highest BCUT2D eigenvalue weighted by molar-refractivity contribution is 7.89. The van der Waals surface area contributed by atoms with Crippen molar-refractivity contribution in [2.24, 2.45) is 13.0 Å². The van der Waals surface area contributed by atoms with E-state index in [0.29, 0.717) is 6.42 Å². The minimum atomic E-state index is -3.74. The summed E-state index contributed by atoms with van der Waals surface area (Å²) in [4.78, 5) is 12.2. The van der Waals surface area contributed by atoms with Crippen LogP contribution in [0.2, 0.25) is 0 Å². The minimum absolute atomic E-state index is 0.108. The summed E-state index contributed by atoms with van der Waals surface area (Å²) in [5.74, 6) is -0.230. The van der Waals surface area contributed by atoms with Crippen LogP contribution in [0.4, 0.5) is 0 Å². The summed E-state index contributed by atoms with van der Waals surface area (Å²) >= 11 is 0. The molecule has 1 saturated carbocycles. The zero-order valence-electron chi connectivity index (χ0n) is 12.8. The molecule has 122 valence electrons. The number of rotatable bonds is 3. The van der Waals surface area contributed by atoms with E-state index in [9.17, 15) is 13.2 Å². The number of methoxy groups -OCH3 is 1. The molecule has 3 atom stereocenters. The highest BCUT2D eigenvalue weighted by atomic mass is 32.2. The van der Waals surface area contributed by atoms with Crippen molar-refractivity contribution in [1.29, 1.82) is 0 Å². The lowest BCUT2D eigenvalue weighted by Crippen LogP contribution is -2.46. The van der Waals surface area contributed by atoms with Gasteiger partial charge < -0.3 is 4.74 Å². The first-order valence-electron chi connectivity index (χ1n) is 7.55. The van der Waals surface area contributed by atoms with E-state index in [1.54, 1.807) is 7.05 Å². The van der Waals surface area contributed by atoms with Gasteiger partial charge in [0.15, 0.2) is 0 Å². The van der Waals surface area contributed by atoms with Crippen LogP contribution in [0.15, 0.2) is 17.3 Å². The number of carbonyl (C=O) groups is 1. The van der Waals surface area contributed by atoms with Gasteiger partial charge in [-0.05, 0) is 25.2 Å². The number of carbonyl (C=O) groups excluding carboxylic acids is 1. The Labute approximate surface area is 130 Å². The van der Waals surface area contributed by atoms with Gasteiger partial charge in [-0.2, -0.15) is 9.40 Å². The summed E-state index contributed by atoms with van der Waals surface area (Å²) in [6.07, 6.45) is 7.22. The molecule has 1 aliphatic heterocycles. The van der Waals surface area contributed by atoms with Gasteiger partial charge in [-0.15, -0.1) is 0 Å². The summed E-state index contributed by atoms with van der Waals surface area (Å²) in [5, 5.41) is 3.94. The molecule has 0 radical (unpaired) electrons. The largest absolute Gasteiger partial charge is 0.468 e. The van der Waals surface area contributed by atoms with E-state index in [-0.39, 0.29) is 16.9 Å². The number of esters is 1. The number of fused-ring (bicyclic) bond motifs is 1. The van der Waals surface area contributed by atoms with Gasteiger partial charge in [0.2, 0.25) is 10.0 Å². The molecule has 3 rings (SSSR count). The van der Waals surface area contributed by atoms with Crippen molar-refractivity contribution in [1.82, 2.24) is 14.1 Å². The van der Waals surface area contributed by atoms with Crippen LogP contribution in [-0.4, -0.2) is 47.7 Å². The van der Waals surface area contributed by atoms with Gasteiger partial charge in [-0.3, -0.25) is 9.48 Å². The molecule has 8 heteroatoms.